The molecule has 4 nitrogen and oxygen atoms in total. The van der Waals surface area contributed by atoms with Crippen LogP contribution in [-0.4, -0.2) is 12.6 Å². The number of furan rings is 1. The third-order valence-electron chi connectivity index (χ3n) is 5.34. The number of hydrogen-bond acceptors (Lipinski definition) is 4. The minimum Gasteiger partial charge on any atom is -0.449 e. The molecule has 1 heterocycles. The Morgan fingerprint density at radius 1 is 0.897 bits per heavy atom. The summed E-state index contributed by atoms with van der Waals surface area (Å²) < 4.78 is 17.5. The summed E-state index contributed by atoms with van der Waals surface area (Å²) in [6, 6.07) is 23.7. The van der Waals surface area contributed by atoms with Crippen LogP contribution in [0, 0.1) is 0 Å². The Balaban J connectivity index is 1.54. The van der Waals surface area contributed by atoms with Gasteiger partial charge < -0.3 is 13.9 Å². The summed E-state index contributed by atoms with van der Waals surface area (Å²) in [5, 5.41) is 0.875. The van der Waals surface area contributed by atoms with E-state index in [0.29, 0.717) is 18.8 Å². The summed E-state index contributed by atoms with van der Waals surface area (Å²) in [5.74, 6) is -0.270. The van der Waals surface area contributed by atoms with Crippen LogP contribution in [0.15, 0.2) is 77.2 Å². The van der Waals surface area contributed by atoms with Gasteiger partial charge in [0.15, 0.2) is 6.10 Å². The number of benzene rings is 3. The minimum atomic E-state index is -0.479. The van der Waals surface area contributed by atoms with Crippen LogP contribution in [0.1, 0.15) is 40.3 Å². The number of para-hydroxylation sites is 1. The Morgan fingerprint density at radius 2 is 1.52 bits per heavy atom. The van der Waals surface area contributed by atoms with Gasteiger partial charge in [-0.25, -0.2) is 4.79 Å². The predicted octanol–water partition coefficient (Wildman–Crippen LogP) is 5.90. The number of fused-ring (bicyclic) bond motifs is 4. The van der Waals surface area contributed by atoms with Crippen LogP contribution in [0.25, 0.3) is 22.1 Å². The molecule has 144 valence electrons. The molecule has 0 N–H and O–H groups in total. The van der Waals surface area contributed by atoms with E-state index < -0.39 is 12.1 Å². The van der Waals surface area contributed by atoms with E-state index in [4.69, 9.17) is 13.9 Å². The number of carbonyl (C=O) groups excluding carboxylic acids is 1. The maximum Gasteiger partial charge on any atom is 0.375 e. The van der Waals surface area contributed by atoms with Gasteiger partial charge in [-0.1, -0.05) is 66.7 Å². The van der Waals surface area contributed by atoms with Crippen LogP contribution in [-0.2, 0) is 16.1 Å². The first-order valence-corrected chi connectivity index (χ1v) is 9.75. The van der Waals surface area contributed by atoms with E-state index in [9.17, 15) is 4.79 Å². The monoisotopic (exact) mass is 384 g/mol. The quantitative estimate of drug-likeness (QED) is 0.402. The third kappa shape index (κ3) is 2.93. The highest BCUT2D eigenvalue weighted by Gasteiger charge is 2.33. The second kappa shape index (κ2) is 7.22. The van der Waals surface area contributed by atoms with Gasteiger partial charge in [0.05, 0.1) is 6.61 Å². The number of esters is 1. The second-order valence-electron chi connectivity index (χ2n) is 7.00. The molecular weight excluding hydrogens is 364 g/mol. The molecular formula is C25H20O4. The lowest BCUT2D eigenvalue weighted by Crippen LogP contribution is -2.12. The highest BCUT2D eigenvalue weighted by atomic mass is 16.6. The average molecular weight is 384 g/mol. The fourth-order valence-electron chi connectivity index (χ4n) is 4.01. The van der Waals surface area contributed by atoms with Crippen molar-refractivity contribution < 1.29 is 18.7 Å². The molecule has 4 aromatic rings. The first-order chi connectivity index (χ1) is 14.3. The first kappa shape index (κ1) is 17.7. The Hall–Kier alpha value is -3.37. The van der Waals surface area contributed by atoms with Crippen molar-refractivity contribution >= 4 is 16.9 Å². The predicted molar refractivity (Wildman–Crippen MR) is 111 cm³/mol. The fraction of sp³-hybridized carbons (Fsp3) is 0.160. The molecule has 0 amide bonds. The summed E-state index contributed by atoms with van der Waals surface area (Å²) in [7, 11) is 0. The summed E-state index contributed by atoms with van der Waals surface area (Å²) in [6.45, 7) is 2.78. The summed E-state index contributed by atoms with van der Waals surface area (Å²) in [5.41, 5.74) is 5.56. The van der Waals surface area contributed by atoms with E-state index in [-0.39, 0.29) is 5.76 Å². The molecule has 0 fully saturated rings. The minimum absolute atomic E-state index is 0.210. The molecule has 0 unspecified atom stereocenters. The third-order valence-corrected chi connectivity index (χ3v) is 5.34. The van der Waals surface area contributed by atoms with Crippen molar-refractivity contribution in [2.24, 2.45) is 0 Å². The van der Waals surface area contributed by atoms with Crippen molar-refractivity contribution in [1.29, 1.82) is 0 Å². The van der Waals surface area contributed by atoms with Crippen LogP contribution >= 0.6 is 0 Å². The lowest BCUT2D eigenvalue weighted by molar-refractivity contribution is 0.0344. The molecule has 0 aliphatic heterocycles. The van der Waals surface area contributed by atoms with Crippen molar-refractivity contribution in [2.75, 3.05) is 6.61 Å². The molecule has 0 radical (unpaired) electrons. The molecule has 0 atom stereocenters. The maximum absolute atomic E-state index is 13.2. The Bertz CT molecular complexity index is 1160. The molecule has 1 aliphatic rings. The zero-order valence-electron chi connectivity index (χ0n) is 16.1. The zero-order valence-corrected chi connectivity index (χ0v) is 16.1. The largest absolute Gasteiger partial charge is 0.449 e. The molecule has 0 bridgehead atoms. The van der Waals surface area contributed by atoms with Gasteiger partial charge in [-0.05, 0) is 24.1 Å². The Morgan fingerprint density at radius 3 is 2.21 bits per heavy atom. The molecule has 4 heteroatoms. The van der Waals surface area contributed by atoms with E-state index >= 15 is 0 Å². The van der Waals surface area contributed by atoms with Gasteiger partial charge >= 0.3 is 5.97 Å². The summed E-state index contributed by atoms with van der Waals surface area (Å²) in [4.78, 5) is 13.2. The van der Waals surface area contributed by atoms with E-state index in [1.807, 2.05) is 67.6 Å². The van der Waals surface area contributed by atoms with Gasteiger partial charge in [-0.3, -0.25) is 0 Å². The average Bonchev–Trinajstić information content (AvgIpc) is 3.29. The molecule has 1 aliphatic carbocycles. The highest BCUT2D eigenvalue weighted by Crippen LogP contribution is 2.45. The molecule has 5 rings (SSSR count). The molecule has 0 saturated carbocycles. The van der Waals surface area contributed by atoms with Crippen LogP contribution < -0.4 is 0 Å². The van der Waals surface area contributed by atoms with Crippen molar-refractivity contribution in [1.82, 2.24) is 0 Å². The lowest BCUT2D eigenvalue weighted by atomic mass is 10.1. The van der Waals surface area contributed by atoms with Gasteiger partial charge in [0.2, 0.25) is 5.76 Å². The number of carbonyl (C=O) groups is 1. The molecule has 0 spiro atoms. The highest BCUT2D eigenvalue weighted by molar-refractivity contribution is 5.96. The standard InChI is InChI=1S/C25H20O4/c1-2-27-15-21-18-11-7-8-14-22(18)28-24(21)25(26)29-23-19-12-5-3-9-16(19)17-10-4-6-13-20(17)23/h3-14,23H,2,15H2,1H3. The molecule has 0 saturated heterocycles. The summed E-state index contributed by atoms with van der Waals surface area (Å²) in [6.07, 6.45) is -0.456. The Labute approximate surface area is 168 Å². The fourth-order valence-corrected chi connectivity index (χ4v) is 4.01. The van der Waals surface area contributed by atoms with Gasteiger partial charge in [0.25, 0.3) is 0 Å². The lowest BCUT2D eigenvalue weighted by Gasteiger charge is -2.14. The second-order valence-corrected chi connectivity index (χ2v) is 7.00. The first-order valence-electron chi connectivity index (χ1n) is 9.75. The van der Waals surface area contributed by atoms with Gasteiger partial charge in [0.1, 0.15) is 5.58 Å². The van der Waals surface area contributed by atoms with Crippen LogP contribution in [0.4, 0.5) is 0 Å². The van der Waals surface area contributed by atoms with Crippen LogP contribution in [0.3, 0.4) is 0 Å². The van der Waals surface area contributed by atoms with E-state index in [0.717, 1.165) is 33.2 Å². The zero-order chi connectivity index (χ0) is 19.8. The normalized spacial score (nSPS) is 12.7. The van der Waals surface area contributed by atoms with E-state index in [2.05, 4.69) is 12.1 Å². The van der Waals surface area contributed by atoms with Gasteiger partial charge in [-0.15, -0.1) is 0 Å². The molecule has 3 aromatic carbocycles. The number of rotatable bonds is 5. The molecule has 1 aromatic heterocycles. The van der Waals surface area contributed by atoms with Crippen molar-refractivity contribution in [2.45, 2.75) is 19.6 Å². The number of ether oxygens (including phenoxy) is 2. The van der Waals surface area contributed by atoms with E-state index in [1.54, 1.807) is 0 Å². The van der Waals surface area contributed by atoms with E-state index in [1.165, 1.54) is 0 Å². The maximum atomic E-state index is 13.2. The topological polar surface area (TPSA) is 48.7 Å². The van der Waals surface area contributed by atoms with Gasteiger partial charge in [0, 0.05) is 28.7 Å². The van der Waals surface area contributed by atoms with Crippen LogP contribution in [0.5, 0.6) is 0 Å². The van der Waals surface area contributed by atoms with Crippen molar-refractivity contribution in [3.63, 3.8) is 0 Å². The SMILES string of the molecule is CCOCc1c(C(=O)OC2c3ccccc3-c3ccccc32)oc2ccccc12. The number of hydrogen-bond donors (Lipinski definition) is 0. The molecule has 29 heavy (non-hydrogen) atoms. The van der Waals surface area contributed by atoms with Crippen molar-refractivity contribution in [3.8, 4) is 11.1 Å². The Kier molecular flexibility index (Phi) is 4.41. The van der Waals surface area contributed by atoms with Gasteiger partial charge in [-0.2, -0.15) is 0 Å². The summed E-state index contributed by atoms with van der Waals surface area (Å²) >= 11 is 0. The smallest absolute Gasteiger partial charge is 0.375 e. The van der Waals surface area contributed by atoms with Crippen molar-refractivity contribution in [3.05, 3.63) is 95.2 Å². The van der Waals surface area contributed by atoms with Crippen LogP contribution in [0.2, 0.25) is 0 Å².